The van der Waals surface area contributed by atoms with Crippen LogP contribution in [0.3, 0.4) is 0 Å². The Hall–Kier alpha value is -2.44. The van der Waals surface area contributed by atoms with Gasteiger partial charge in [0, 0.05) is 46.6 Å². The first kappa shape index (κ1) is 25.8. The van der Waals surface area contributed by atoms with Crippen molar-refractivity contribution >= 4 is 40.0 Å². The van der Waals surface area contributed by atoms with E-state index in [0.717, 1.165) is 5.56 Å². The summed E-state index contributed by atoms with van der Waals surface area (Å²) in [5, 5.41) is 10.9. The normalized spacial score (nSPS) is 11.8. The highest BCUT2D eigenvalue weighted by Crippen LogP contribution is 2.14. The molecule has 0 atom stereocenters. The molecule has 0 aliphatic rings. The van der Waals surface area contributed by atoms with Crippen molar-refractivity contribution in [2.75, 3.05) is 21.1 Å². The lowest BCUT2D eigenvalue weighted by Gasteiger charge is -2.15. The minimum Gasteiger partial charge on any atom is -0.352 e. The number of hydrogen-bond acceptors (Lipinski definition) is 4. The average Bonchev–Trinajstić information content (AvgIpc) is 3.28. The van der Waals surface area contributed by atoms with Crippen LogP contribution in [-0.2, 0) is 29.7 Å². The van der Waals surface area contributed by atoms with E-state index < -0.39 is 10.0 Å². The predicted molar refractivity (Wildman–Crippen MR) is 138 cm³/mol. The molecule has 32 heavy (non-hydrogen) atoms. The fourth-order valence-corrected chi connectivity index (χ4v) is 3.93. The van der Waals surface area contributed by atoms with Gasteiger partial charge < -0.3 is 10.6 Å². The van der Waals surface area contributed by atoms with Gasteiger partial charge in [-0.3, -0.25) is 9.67 Å². The smallest absolute Gasteiger partial charge is 0.242 e. The minimum atomic E-state index is -3.42. The monoisotopic (exact) mass is 568 g/mol. The molecule has 0 radical (unpaired) electrons. The molecule has 0 aliphatic heterocycles. The van der Waals surface area contributed by atoms with Crippen molar-refractivity contribution in [3.8, 4) is 0 Å². The van der Waals surface area contributed by atoms with Crippen LogP contribution in [0.25, 0.3) is 0 Å². The van der Waals surface area contributed by atoms with E-state index in [1.54, 1.807) is 37.5 Å². The van der Waals surface area contributed by atoms with Crippen molar-refractivity contribution in [2.45, 2.75) is 24.5 Å². The second-order valence-electron chi connectivity index (χ2n) is 7.18. The average molecular weight is 568 g/mol. The fourth-order valence-electron chi connectivity index (χ4n) is 3.03. The zero-order valence-corrected chi connectivity index (χ0v) is 21.5. The number of sulfonamides is 1. The molecular formula is C22H29IN6O2S. The summed E-state index contributed by atoms with van der Waals surface area (Å²) in [6.45, 7) is 1.85. The summed E-state index contributed by atoms with van der Waals surface area (Å²) in [5.74, 6) is 0.666. The maximum absolute atomic E-state index is 12.2. The lowest BCUT2D eigenvalue weighted by Crippen LogP contribution is -2.36. The van der Waals surface area contributed by atoms with E-state index in [0.29, 0.717) is 25.6 Å². The molecule has 2 N–H and O–H groups in total. The molecule has 0 aliphatic carbocycles. The highest BCUT2D eigenvalue weighted by molar-refractivity contribution is 14.0. The molecule has 1 heterocycles. The van der Waals surface area contributed by atoms with Crippen LogP contribution in [0, 0.1) is 0 Å². The topological polar surface area (TPSA) is 91.6 Å². The Balaban J connectivity index is 0.00000363. The van der Waals surface area contributed by atoms with Crippen LogP contribution in [0.15, 0.2) is 76.9 Å². The highest BCUT2D eigenvalue weighted by Gasteiger charge is 2.16. The van der Waals surface area contributed by atoms with Gasteiger partial charge in [-0.05, 0) is 34.9 Å². The second kappa shape index (κ2) is 12.0. The van der Waals surface area contributed by atoms with Crippen molar-refractivity contribution in [3.63, 3.8) is 0 Å². The molecule has 1 aromatic heterocycles. The second-order valence-corrected chi connectivity index (χ2v) is 9.33. The van der Waals surface area contributed by atoms with E-state index in [1.807, 2.05) is 29.1 Å². The predicted octanol–water partition coefficient (Wildman–Crippen LogP) is 2.66. The van der Waals surface area contributed by atoms with Gasteiger partial charge in [-0.15, -0.1) is 24.0 Å². The van der Waals surface area contributed by atoms with E-state index in [1.165, 1.54) is 29.5 Å². The Morgan fingerprint density at radius 3 is 2.25 bits per heavy atom. The van der Waals surface area contributed by atoms with Crippen molar-refractivity contribution in [2.24, 2.45) is 4.99 Å². The van der Waals surface area contributed by atoms with E-state index in [-0.39, 0.29) is 28.9 Å². The number of nitrogens with one attached hydrogen (secondary N) is 2. The highest BCUT2D eigenvalue weighted by atomic mass is 127. The van der Waals surface area contributed by atoms with Gasteiger partial charge in [-0.1, -0.05) is 36.4 Å². The third kappa shape index (κ3) is 6.78. The van der Waals surface area contributed by atoms with E-state index in [4.69, 9.17) is 0 Å². The standard InChI is InChI=1S/C22H28N6O2S.HI/c1-23-22(24-15-18-9-11-21(12-10-18)31(29,30)27(2)3)25-16-19-7-4-5-8-20(19)17-28-14-6-13-26-28;/h4-14H,15-17H2,1-3H3,(H2,23,24,25);1H. The summed E-state index contributed by atoms with van der Waals surface area (Å²) < 4.78 is 27.5. The van der Waals surface area contributed by atoms with Gasteiger partial charge in [0.2, 0.25) is 10.0 Å². The molecule has 3 aromatic rings. The lowest BCUT2D eigenvalue weighted by molar-refractivity contribution is 0.520. The number of guanidine groups is 1. The summed E-state index contributed by atoms with van der Waals surface area (Å²) in [4.78, 5) is 4.55. The quantitative estimate of drug-likeness (QED) is 0.248. The molecule has 2 aromatic carbocycles. The Labute approximate surface area is 206 Å². The van der Waals surface area contributed by atoms with Crippen LogP contribution in [0.4, 0.5) is 0 Å². The summed E-state index contributed by atoms with van der Waals surface area (Å²) in [5.41, 5.74) is 3.31. The molecule has 3 rings (SSSR count). The van der Waals surface area contributed by atoms with Gasteiger partial charge in [0.15, 0.2) is 5.96 Å². The summed E-state index contributed by atoms with van der Waals surface area (Å²) in [6.07, 6.45) is 3.72. The van der Waals surface area contributed by atoms with Gasteiger partial charge in [0.1, 0.15) is 0 Å². The summed E-state index contributed by atoms with van der Waals surface area (Å²) >= 11 is 0. The van der Waals surface area contributed by atoms with Gasteiger partial charge in [-0.25, -0.2) is 12.7 Å². The Morgan fingerprint density at radius 1 is 1.00 bits per heavy atom. The van der Waals surface area contributed by atoms with Gasteiger partial charge in [0.25, 0.3) is 0 Å². The maximum atomic E-state index is 12.2. The van der Waals surface area contributed by atoms with Crippen LogP contribution in [-0.4, -0.2) is 49.6 Å². The van der Waals surface area contributed by atoms with Crippen LogP contribution in [0.1, 0.15) is 16.7 Å². The largest absolute Gasteiger partial charge is 0.352 e. The van der Waals surface area contributed by atoms with E-state index in [9.17, 15) is 8.42 Å². The van der Waals surface area contributed by atoms with Crippen molar-refractivity contribution in [1.82, 2.24) is 24.7 Å². The number of halogens is 1. The number of hydrogen-bond donors (Lipinski definition) is 2. The summed E-state index contributed by atoms with van der Waals surface area (Å²) in [6, 6.07) is 17.0. The minimum absolute atomic E-state index is 0. The Kier molecular flexibility index (Phi) is 9.66. The van der Waals surface area contributed by atoms with Crippen LogP contribution >= 0.6 is 24.0 Å². The van der Waals surface area contributed by atoms with Crippen molar-refractivity contribution < 1.29 is 8.42 Å². The molecule has 0 saturated heterocycles. The third-order valence-electron chi connectivity index (χ3n) is 4.84. The van der Waals surface area contributed by atoms with Crippen LogP contribution in [0.5, 0.6) is 0 Å². The number of aliphatic imine (C=N–C) groups is 1. The van der Waals surface area contributed by atoms with Crippen LogP contribution < -0.4 is 10.6 Å². The van der Waals surface area contributed by atoms with Crippen molar-refractivity contribution in [3.05, 3.63) is 83.7 Å². The lowest BCUT2D eigenvalue weighted by atomic mass is 10.1. The summed E-state index contributed by atoms with van der Waals surface area (Å²) in [7, 11) is 1.34. The third-order valence-corrected chi connectivity index (χ3v) is 6.67. The Morgan fingerprint density at radius 2 is 1.66 bits per heavy atom. The Bertz CT molecular complexity index is 1110. The van der Waals surface area contributed by atoms with Gasteiger partial charge >= 0.3 is 0 Å². The number of nitrogens with zero attached hydrogens (tertiary/aromatic N) is 4. The molecule has 8 nitrogen and oxygen atoms in total. The first-order valence-electron chi connectivity index (χ1n) is 9.90. The van der Waals surface area contributed by atoms with E-state index in [2.05, 4.69) is 32.9 Å². The number of aromatic nitrogens is 2. The molecule has 0 bridgehead atoms. The van der Waals surface area contributed by atoms with Crippen molar-refractivity contribution in [1.29, 1.82) is 0 Å². The zero-order chi connectivity index (χ0) is 22.3. The van der Waals surface area contributed by atoms with E-state index >= 15 is 0 Å². The molecular weight excluding hydrogens is 539 g/mol. The fraction of sp³-hybridized carbons (Fsp3) is 0.273. The first-order valence-corrected chi connectivity index (χ1v) is 11.3. The molecule has 0 amide bonds. The molecule has 0 spiro atoms. The van der Waals surface area contributed by atoms with Gasteiger partial charge in [-0.2, -0.15) is 5.10 Å². The van der Waals surface area contributed by atoms with Crippen LogP contribution in [0.2, 0.25) is 0 Å². The van der Waals surface area contributed by atoms with Gasteiger partial charge in [0.05, 0.1) is 11.4 Å². The maximum Gasteiger partial charge on any atom is 0.242 e. The first-order chi connectivity index (χ1) is 14.9. The number of rotatable bonds is 8. The molecule has 172 valence electrons. The molecule has 0 unspecified atom stereocenters. The zero-order valence-electron chi connectivity index (χ0n) is 18.4. The SMILES string of the molecule is CN=C(NCc1ccc(S(=O)(=O)N(C)C)cc1)NCc1ccccc1Cn1cccn1.I. The molecule has 0 fully saturated rings. The number of benzene rings is 2. The molecule has 10 heteroatoms. The molecule has 0 saturated carbocycles.